The Balaban J connectivity index is 1.92. The van der Waals surface area contributed by atoms with Gasteiger partial charge in [0.2, 0.25) is 0 Å². The normalized spacial score (nSPS) is 13.7. The lowest BCUT2D eigenvalue weighted by atomic mass is 9.99. The molecule has 1 aliphatic rings. The SMILES string of the molecule is CCn1c(C#N)cc(C(=O)Nc2cc(Cl)cc(C=C3CCNCC3)c2C)cc1=O. The number of rotatable bonds is 4. The van der Waals surface area contributed by atoms with Crippen LogP contribution in [-0.2, 0) is 6.54 Å². The van der Waals surface area contributed by atoms with Crippen LogP contribution in [0.25, 0.3) is 6.08 Å². The van der Waals surface area contributed by atoms with Crippen molar-refractivity contribution in [3.8, 4) is 6.07 Å². The molecule has 0 aliphatic carbocycles. The molecule has 6 nitrogen and oxygen atoms in total. The highest BCUT2D eigenvalue weighted by Crippen LogP contribution is 2.28. The van der Waals surface area contributed by atoms with Gasteiger partial charge in [0.15, 0.2) is 0 Å². The molecule has 2 N–H and O–H groups in total. The van der Waals surface area contributed by atoms with Gasteiger partial charge in [0.05, 0.1) is 0 Å². The lowest BCUT2D eigenvalue weighted by Gasteiger charge is -2.17. The number of halogens is 1. The average molecular weight is 411 g/mol. The lowest BCUT2D eigenvalue weighted by molar-refractivity contribution is 0.102. The van der Waals surface area contributed by atoms with Gasteiger partial charge in [-0.1, -0.05) is 23.3 Å². The fourth-order valence-corrected chi connectivity index (χ4v) is 3.66. The highest BCUT2D eigenvalue weighted by molar-refractivity contribution is 6.31. The van der Waals surface area contributed by atoms with E-state index in [0.29, 0.717) is 17.3 Å². The van der Waals surface area contributed by atoms with E-state index in [1.807, 2.05) is 19.1 Å². The van der Waals surface area contributed by atoms with Crippen molar-refractivity contribution in [1.82, 2.24) is 9.88 Å². The zero-order chi connectivity index (χ0) is 21.0. The zero-order valence-electron chi connectivity index (χ0n) is 16.5. The van der Waals surface area contributed by atoms with E-state index >= 15 is 0 Å². The maximum absolute atomic E-state index is 12.8. The van der Waals surface area contributed by atoms with Crippen LogP contribution in [0, 0.1) is 18.3 Å². The van der Waals surface area contributed by atoms with Gasteiger partial charge in [-0.05, 0) is 69.1 Å². The van der Waals surface area contributed by atoms with Gasteiger partial charge in [-0.2, -0.15) is 5.26 Å². The summed E-state index contributed by atoms with van der Waals surface area (Å²) < 4.78 is 1.32. The number of nitrogens with one attached hydrogen (secondary N) is 2. The summed E-state index contributed by atoms with van der Waals surface area (Å²) in [7, 11) is 0. The number of hydrogen-bond donors (Lipinski definition) is 2. The Morgan fingerprint density at radius 3 is 2.69 bits per heavy atom. The third kappa shape index (κ3) is 4.76. The Kier molecular flexibility index (Phi) is 6.53. The Morgan fingerprint density at radius 2 is 2.03 bits per heavy atom. The summed E-state index contributed by atoms with van der Waals surface area (Å²) in [6.07, 6.45) is 4.10. The molecule has 0 spiro atoms. The fraction of sp³-hybridized carbons (Fsp3) is 0.318. The molecule has 150 valence electrons. The van der Waals surface area contributed by atoms with E-state index in [-0.39, 0.29) is 16.8 Å². The Bertz CT molecular complexity index is 1070. The molecule has 0 atom stereocenters. The molecular formula is C22H23ClN4O2. The number of nitriles is 1. The van der Waals surface area contributed by atoms with E-state index in [1.54, 1.807) is 13.0 Å². The van der Waals surface area contributed by atoms with Crippen LogP contribution < -0.4 is 16.2 Å². The molecule has 1 amide bonds. The van der Waals surface area contributed by atoms with Crippen LogP contribution in [0.2, 0.25) is 5.02 Å². The van der Waals surface area contributed by atoms with Crippen molar-refractivity contribution in [3.05, 3.63) is 67.6 Å². The molecule has 2 heterocycles. The molecule has 0 radical (unpaired) electrons. The van der Waals surface area contributed by atoms with Crippen molar-refractivity contribution in [3.63, 3.8) is 0 Å². The van der Waals surface area contributed by atoms with Gasteiger partial charge >= 0.3 is 0 Å². The van der Waals surface area contributed by atoms with Gasteiger partial charge in [0, 0.05) is 28.9 Å². The first-order valence-electron chi connectivity index (χ1n) is 9.59. The van der Waals surface area contributed by atoms with Gasteiger partial charge < -0.3 is 15.2 Å². The maximum atomic E-state index is 12.8. The molecule has 1 fully saturated rings. The van der Waals surface area contributed by atoms with E-state index in [1.165, 1.54) is 22.3 Å². The molecule has 0 saturated carbocycles. The summed E-state index contributed by atoms with van der Waals surface area (Å²) in [4.78, 5) is 25.0. The van der Waals surface area contributed by atoms with Gasteiger partial charge in [-0.15, -0.1) is 0 Å². The molecule has 29 heavy (non-hydrogen) atoms. The molecule has 1 saturated heterocycles. The Hall–Kier alpha value is -2.88. The molecule has 7 heteroatoms. The van der Waals surface area contributed by atoms with Crippen LogP contribution in [0.4, 0.5) is 5.69 Å². The number of carbonyl (C=O) groups excluding carboxylic acids is 1. The molecule has 3 rings (SSSR count). The first-order chi connectivity index (χ1) is 13.9. The third-order valence-electron chi connectivity index (χ3n) is 5.09. The number of aromatic nitrogens is 1. The molecule has 2 aromatic rings. The van der Waals surface area contributed by atoms with Crippen molar-refractivity contribution in [2.75, 3.05) is 18.4 Å². The summed E-state index contributed by atoms with van der Waals surface area (Å²) >= 11 is 6.29. The van der Waals surface area contributed by atoms with Crippen LogP contribution in [-0.4, -0.2) is 23.6 Å². The number of pyridine rings is 1. The number of anilines is 1. The number of amides is 1. The van der Waals surface area contributed by atoms with Crippen molar-refractivity contribution in [1.29, 1.82) is 5.26 Å². The Labute approximate surface area is 174 Å². The quantitative estimate of drug-likeness (QED) is 0.804. The lowest BCUT2D eigenvalue weighted by Crippen LogP contribution is -2.24. The average Bonchev–Trinajstić information content (AvgIpc) is 2.71. The minimum atomic E-state index is -0.451. The van der Waals surface area contributed by atoms with Crippen LogP contribution >= 0.6 is 11.6 Å². The molecule has 1 aromatic carbocycles. The minimum absolute atomic E-state index is 0.147. The Morgan fingerprint density at radius 1 is 1.31 bits per heavy atom. The molecule has 1 aromatic heterocycles. The third-order valence-corrected chi connectivity index (χ3v) is 5.31. The van der Waals surface area contributed by atoms with Crippen LogP contribution in [0.1, 0.15) is 46.9 Å². The largest absolute Gasteiger partial charge is 0.322 e. The highest BCUT2D eigenvalue weighted by atomic mass is 35.5. The number of hydrogen-bond acceptors (Lipinski definition) is 4. The van der Waals surface area contributed by atoms with E-state index in [2.05, 4.69) is 16.7 Å². The molecule has 0 bridgehead atoms. The molecule has 0 unspecified atom stereocenters. The smallest absolute Gasteiger partial charge is 0.255 e. The van der Waals surface area contributed by atoms with Crippen molar-refractivity contribution < 1.29 is 4.79 Å². The summed E-state index contributed by atoms with van der Waals surface area (Å²) in [5.41, 5.74) is 3.71. The van der Waals surface area contributed by atoms with E-state index in [4.69, 9.17) is 11.6 Å². The summed E-state index contributed by atoms with van der Waals surface area (Å²) in [5, 5.41) is 16.0. The van der Waals surface area contributed by atoms with Gasteiger partial charge in [0.25, 0.3) is 11.5 Å². The second kappa shape index (κ2) is 9.08. The van der Waals surface area contributed by atoms with E-state index in [0.717, 1.165) is 37.1 Å². The summed E-state index contributed by atoms with van der Waals surface area (Å²) in [6, 6.07) is 8.23. The number of carbonyl (C=O) groups is 1. The second-order valence-electron chi connectivity index (χ2n) is 7.00. The fourth-order valence-electron chi connectivity index (χ4n) is 3.43. The van der Waals surface area contributed by atoms with Crippen LogP contribution in [0.5, 0.6) is 0 Å². The zero-order valence-corrected chi connectivity index (χ0v) is 17.3. The predicted octanol–water partition coefficient (Wildman–Crippen LogP) is 3.72. The standard InChI is InChI=1S/C22H23ClN4O2/c1-3-27-19(13-24)10-17(11-21(27)28)22(29)26-20-12-18(23)9-16(14(20)2)8-15-4-6-25-7-5-15/h8-12,25H,3-7H2,1-2H3,(H,26,29). The van der Waals surface area contributed by atoms with E-state index in [9.17, 15) is 14.9 Å². The summed E-state index contributed by atoms with van der Waals surface area (Å²) in [5.74, 6) is -0.451. The summed E-state index contributed by atoms with van der Waals surface area (Å²) in [6.45, 7) is 5.98. The number of nitrogens with zero attached hydrogens (tertiary/aromatic N) is 2. The van der Waals surface area contributed by atoms with Crippen molar-refractivity contribution in [2.45, 2.75) is 33.2 Å². The number of piperidine rings is 1. The molecular weight excluding hydrogens is 388 g/mol. The highest BCUT2D eigenvalue weighted by Gasteiger charge is 2.15. The number of benzene rings is 1. The van der Waals surface area contributed by atoms with Crippen molar-refractivity contribution in [2.24, 2.45) is 0 Å². The van der Waals surface area contributed by atoms with Crippen molar-refractivity contribution >= 4 is 29.3 Å². The first-order valence-corrected chi connectivity index (χ1v) is 9.97. The second-order valence-corrected chi connectivity index (χ2v) is 7.43. The van der Waals surface area contributed by atoms with Gasteiger partial charge in [0.1, 0.15) is 11.8 Å². The van der Waals surface area contributed by atoms with Crippen LogP contribution in [0.3, 0.4) is 0 Å². The van der Waals surface area contributed by atoms with Crippen LogP contribution in [0.15, 0.2) is 34.6 Å². The monoisotopic (exact) mass is 410 g/mol. The predicted molar refractivity (Wildman–Crippen MR) is 115 cm³/mol. The van der Waals surface area contributed by atoms with Gasteiger partial charge in [-0.25, -0.2) is 0 Å². The first kappa shape index (κ1) is 20.8. The minimum Gasteiger partial charge on any atom is -0.322 e. The topological polar surface area (TPSA) is 86.9 Å². The molecule has 1 aliphatic heterocycles. The maximum Gasteiger partial charge on any atom is 0.255 e. The van der Waals surface area contributed by atoms with Gasteiger partial charge in [-0.3, -0.25) is 9.59 Å². The van der Waals surface area contributed by atoms with E-state index < -0.39 is 5.91 Å².